The molecular weight excluding hydrogens is 389 g/mol. The topological polar surface area (TPSA) is 84.1 Å². The second kappa shape index (κ2) is 8.36. The number of anilines is 1. The number of nitrogens with one attached hydrogen (secondary N) is 1. The number of nitrogen functional groups attached to an aromatic ring is 1. The minimum atomic E-state index is -1.33. The molecule has 0 spiro atoms. The molecule has 1 saturated heterocycles. The summed E-state index contributed by atoms with van der Waals surface area (Å²) in [5.41, 5.74) is 7.88. The number of hydrogen-bond donors (Lipinski definition) is 2. The second-order valence-electron chi connectivity index (χ2n) is 6.96. The van der Waals surface area contributed by atoms with Crippen molar-refractivity contribution in [1.82, 2.24) is 19.6 Å². The zero-order chi connectivity index (χ0) is 20.4. The number of hydrogen-bond acceptors (Lipinski definition) is 5. The summed E-state index contributed by atoms with van der Waals surface area (Å²) < 4.78 is 30.2. The molecule has 0 saturated carbocycles. The summed E-state index contributed by atoms with van der Waals surface area (Å²) in [7, 11) is -1.33. The van der Waals surface area contributed by atoms with Gasteiger partial charge in [0.2, 0.25) is 5.95 Å². The Bertz CT molecular complexity index is 1040. The largest absolute Gasteiger partial charge is 0.368 e. The first-order valence-corrected chi connectivity index (χ1v) is 10.5. The van der Waals surface area contributed by atoms with E-state index in [1.54, 1.807) is 6.07 Å². The maximum absolute atomic E-state index is 14.9. The maximum atomic E-state index is 14.9. The van der Waals surface area contributed by atoms with Crippen molar-refractivity contribution in [2.24, 2.45) is 0 Å². The normalized spacial score (nSPS) is 18.5. The Morgan fingerprint density at radius 3 is 2.62 bits per heavy atom. The fourth-order valence-electron chi connectivity index (χ4n) is 3.45. The number of nitrogens with two attached hydrogens (primary N) is 1. The van der Waals surface area contributed by atoms with Gasteiger partial charge in [-0.05, 0) is 30.2 Å². The van der Waals surface area contributed by atoms with E-state index in [9.17, 15) is 8.60 Å². The average molecular weight is 412 g/mol. The summed E-state index contributed by atoms with van der Waals surface area (Å²) in [5, 5.41) is 3.31. The van der Waals surface area contributed by atoms with Crippen LogP contribution in [0.4, 0.5) is 10.3 Å². The third-order valence-corrected chi connectivity index (χ3v) is 6.69. The molecule has 150 valence electrons. The first-order chi connectivity index (χ1) is 14.0. The smallest absolute Gasteiger partial charge is 0.219 e. The molecule has 4 rings (SSSR count). The number of benzene rings is 2. The molecule has 0 amide bonds. The van der Waals surface area contributed by atoms with E-state index in [1.165, 1.54) is 18.5 Å². The van der Waals surface area contributed by atoms with Crippen LogP contribution < -0.4 is 11.1 Å². The van der Waals surface area contributed by atoms with Gasteiger partial charge < -0.3 is 11.1 Å². The van der Waals surface area contributed by atoms with E-state index in [-0.39, 0.29) is 12.0 Å². The molecule has 1 fully saturated rings. The van der Waals surface area contributed by atoms with Crippen LogP contribution in [-0.4, -0.2) is 44.2 Å². The van der Waals surface area contributed by atoms with E-state index < -0.39 is 16.8 Å². The molecule has 1 aliphatic rings. The molecule has 1 aliphatic heterocycles. The van der Waals surface area contributed by atoms with Gasteiger partial charge in [0.15, 0.2) is 0 Å². The molecule has 3 aromatic rings. The van der Waals surface area contributed by atoms with Crippen LogP contribution in [0.3, 0.4) is 0 Å². The molecule has 2 aromatic carbocycles. The van der Waals surface area contributed by atoms with Crippen molar-refractivity contribution in [3.63, 3.8) is 0 Å². The number of aromatic nitrogens is 2. The zero-order valence-electron chi connectivity index (χ0n) is 16.0. The van der Waals surface area contributed by atoms with E-state index >= 15 is 0 Å². The predicted octanol–water partition coefficient (Wildman–Crippen LogP) is 2.85. The van der Waals surface area contributed by atoms with Crippen LogP contribution in [0.1, 0.15) is 6.92 Å². The van der Waals surface area contributed by atoms with Gasteiger partial charge in [0.1, 0.15) is 16.8 Å². The number of halogens is 1. The van der Waals surface area contributed by atoms with Crippen LogP contribution in [0.25, 0.3) is 22.3 Å². The van der Waals surface area contributed by atoms with Gasteiger partial charge in [-0.25, -0.2) is 22.9 Å². The molecule has 2 atom stereocenters. The summed E-state index contributed by atoms with van der Waals surface area (Å²) in [6, 6.07) is 12.6. The van der Waals surface area contributed by atoms with E-state index in [2.05, 4.69) is 22.2 Å². The van der Waals surface area contributed by atoms with Crippen LogP contribution in [-0.2, 0) is 11.0 Å². The van der Waals surface area contributed by atoms with Gasteiger partial charge in [-0.1, -0.05) is 30.3 Å². The van der Waals surface area contributed by atoms with Crippen LogP contribution >= 0.6 is 0 Å². The van der Waals surface area contributed by atoms with Gasteiger partial charge in [0.25, 0.3) is 0 Å². The van der Waals surface area contributed by atoms with E-state index in [1.807, 2.05) is 34.6 Å². The Balaban J connectivity index is 1.70. The van der Waals surface area contributed by atoms with Crippen molar-refractivity contribution in [1.29, 1.82) is 0 Å². The molecule has 0 bridgehead atoms. The molecule has 1 aromatic heterocycles. The summed E-state index contributed by atoms with van der Waals surface area (Å²) >= 11 is 0. The molecule has 3 N–H and O–H groups in total. The molecule has 8 heteroatoms. The van der Waals surface area contributed by atoms with Gasteiger partial charge >= 0.3 is 0 Å². The second-order valence-corrected chi connectivity index (χ2v) is 8.37. The van der Waals surface area contributed by atoms with E-state index in [0.717, 1.165) is 18.7 Å². The van der Waals surface area contributed by atoms with Crippen LogP contribution in [0.15, 0.2) is 59.8 Å². The van der Waals surface area contributed by atoms with Crippen molar-refractivity contribution in [2.45, 2.75) is 17.9 Å². The van der Waals surface area contributed by atoms with Crippen molar-refractivity contribution < 1.29 is 8.60 Å². The Hall–Kier alpha value is -2.68. The SMILES string of the molecule is CC1CNCCN1S(=O)c1ccccc1-c1ccc(-c2cnc(N)nc2)c(F)c1. The van der Waals surface area contributed by atoms with Crippen LogP contribution in [0, 0.1) is 5.82 Å². The molecule has 2 unspecified atom stereocenters. The Morgan fingerprint density at radius 1 is 1.14 bits per heavy atom. The highest BCUT2D eigenvalue weighted by atomic mass is 32.2. The van der Waals surface area contributed by atoms with Crippen molar-refractivity contribution in [3.8, 4) is 22.3 Å². The first-order valence-electron chi connectivity index (χ1n) is 9.40. The fraction of sp³-hybridized carbons (Fsp3) is 0.238. The summed E-state index contributed by atoms with van der Waals surface area (Å²) in [5.74, 6) is -0.253. The highest BCUT2D eigenvalue weighted by molar-refractivity contribution is 7.82. The number of piperazine rings is 1. The van der Waals surface area contributed by atoms with Crippen LogP contribution in [0.2, 0.25) is 0 Å². The molecule has 2 heterocycles. The third-order valence-electron chi connectivity index (χ3n) is 4.99. The lowest BCUT2D eigenvalue weighted by atomic mass is 10.0. The lowest BCUT2D eigenvalue weighted by Gasteiger charge is -2.32. The quantitative estimate of drug-likeness (QED) is 0.690. The van der Waals surface area contributed by atoms with Gasteiger partial charge in [-0.15, -0.1) is 0 Å². The maximum Gasteiger partial charge on any atom is 0.219 e. The molecule has 6 nitrogen and oxygen atoms in total. The lowest BCUT2D eigenvalue weighted by Crippen LogP contribution is -2.50. The lowest BCUT2D eigenvalue weighted by molar-refractivity contribution is 0.297. The standard InChI is InChI=1S/C21H22FN5OS/c1-14-11-24-8-9-27(14)29(28)20-5-3-2-4-18(20)15-6-7-17(19(22)10-15)16-12-25-21(23)26-13-16/h2-7,10,12-14,24H,8-9,11H2,1H3,(H2,23,25,26). The first kappa shape index (κ1) is 19.6. The van der Waals surface area contributed by atoms with Crippen molar-refractivity contribution in [3.05, 3.63) is 60.7 Å². The highest BCUT2D eigenvalue weighted by Gasteiger charge is 2.26. The molecule has 0 radical (unpaired) electrons. The Morgan fingerprint density at radius 2 is 1.90 bits per heavy atom. The Kier molecular flexibility index (Phi) is 5.66. The summed E-state index contributed by atoms with van der Waals surface area (Å²) in [4.78, 5) is 8.53. The van der Waals surface area contributed by atoms with Crippen molar-refractivity contribution in [2.75, 3.05) is 25.4 Å². The van der Waals surface area contributed by atoms with Crippen molar-refractivity contribution >= 4 is 16.9 Å². The van der Waals surface area contributed by atoms with E-state index in [4.69, 9.17) is 5.73 Å². The monoisotopic (exact) mass is 411 g/mol. The van der Waals surface area contributed by atoms with Crippen LogP contribution in [0.5, 0.6) is 0 Å². The number of rotatable bonds is 4. The number of nitrogens with zero attached hydrogens (tertiary/aromatic N) is 3. The summed E-state index contributed by atoms with van der Waals surface area (Å²) in [6.45, 7) is 4.34. The zero-order valence-corrected chi connectivity index (χ0v) is 16.8. The minimum absolute atomic E-state index is 0.143. The summed E-state index contributed by atoms with van der Waals surface area (Å²) in [6.07, 6.45) is 2.99. The third kappa shape index (κ3) is 4.05. The fourth-order valence-corrected chi connectivity index (χ4v) is 4.93. The van der Waals surface area contributed by atoms with Gasteiger partial charge in [0, 0.05) is 49.2 Å². The predicted molar refractivity (Wildman–Crippen MR) is 113 cm³/mol. The van der Waals surface area contributed by atoms with E-state index in [0.29, 0.717) is 28.1 Å². The molecular formula is C21H22FN5OS. The Labute approximate surface area is 171 Å². The highest BCUT2D eigenvalue weighted by Crippen LogP contribution is 2.32. The van der Waals surface area contributed by atoms with Gasteiger partial charge in [-0.2, -0.15) is 0 Å². The average Bonchev–Trinajstić information content (AvgIpc) is 2.74. The molecule has 29 heavy (non-hydrogen) atoms. The van der Waals surface area contributed by atoms with Gasteiger partial charge in [0.05, 0.1) is 4.90 Å². The molecule has 0 aliphatic carbocycles. The van der Waals surface area contributed by atoms with Gasteiger partial charge in [-0.3, -0.25) is 0 Å². The minimum Gasteiger partial charge on any atom is -0.368 e.